The van der Waals surface area contributed by atoms with Crippen LogP contribution in [0.15, 0.2) is 36.4 Å². The van der Waals surface area contributed by atoms with E-state index < -0.39 is 5.24 Å². The average molecular weight is 300 g/mol. The molecule has 0 N–H and O–H groups in total. The number of hydrogen-bond donors (Lipinski definition) is 0. The first-order chi connectivity index (χ1) is 7.72. The van der Waals surface area contributed by atoms with Crippen molar-refractivity contribution in [1.29, 1.82) is 0 Å². The lowest BCUT2D eigenvalue weighted by Crippen LogP contribution is -1.94. The summed E-state index contributed by atoms with van der Waals surface area (Å²) in [5.74, 6) is 0.652. The Morgan fingerprint density at radius 2 is 2.06 bits per heavy atom. The van der Waals surface area contributed by atoms with Gasteiger partial charge in [0.25, 0.3) is 5.24 Å². The van der Waals surface area contributed by atoms with Crippen molar-refractivity contribution in [2.24, 2.45) is 0 Å². The first kappa shape index (κ1) is 11.4. The molecule has 0 bridgehead atoms. The van der Waals surface area contributed by atoms with Crippen LogP contribution in [-0.4, -0.2) is 10.8 Å². The minimum Gasteiger partial charge on any atom is -0.482 e. The lowest BCUT2D eigenvalue weighted by molar-refractivity contribution is 0.108. The molecule has 0 saturated carbocycles. The van der Waals surface area contributed by atoms with Crippen LogP contribution in [0.3, 0.4) is 0 Å². The quantitative estimate of drug-likeness (QED) is 0.633. The van der Waals surface area contributed by atoms with Crippen LogP contribution >= 0.6 is 27.5 Å². The molecule has 0 saturated heterocycles. The van der Waals surface area contributed by atoms with Crippen molar-refractivity contribution in [3.8, 4) is 5.75 Å². The van der Waals surface area contributed by atoms with Gasteiger partial charge in [0.15, 0.2) is 0 Å². The molecule has 2 rings (SSSR count). The summed E-state index contributed by atoms with van der Waals surface area (Å²) < 4.78 is 5.42. The first-order valence-corrected chi connectivity index (χ1v) is 6.13. The van der Waals surface area contributed by atoms with Gasteiger partial charge in [-0.1, -0.05) is 24.3 Å². The van der Waals surface area contributed by atoms with Gasteiger partial charge in [0, 0.05) is 10.9 Å². The van der Waals surface area contributed by atoms with Crippen LogP contribution in [0.25, 0.3) is 10.8 Å². The SMILES string of the molecule is O=C(Cl)c1cc(OCBr)c2ccccc2c1. The lowest BCUT2D eigenvalue weighted by Gasteiger charge is -2.08. The standard InChI is InChI=1S/C12H8BrClO2/c13-7-16-11-6-9(12(14)15)5-8-3-1-2-4-10(8)11/h1-6H,7H2. The molecule has 0 atom stereocenters. The van der Waals surface area contributed by atoms with E-state index in [9.17, 15) is 4.79 Å². The van der Waals surface area contributed by atoms with E-state index in [1.54, 1.807) is 12.1 Å². The topological polar surface area (TPSA) is 26.3 Å². The maximum absolute atomic E-state index is 11.1. The summed E-state index contributed by atoms with van der Waals surface area (Å²) in [6.07, 6.45) is 0. The van der Waals surface area contributed by atoms with E-state index in [1.165, 1.54) is 0 Å². The molecule has 0 unspecified atom stereocenters. The molecule has 0 heterocycles. The Morgan fingerprint density at radius 1 is 1.31 bits per heavy atom. The van der Waals surface area contributed by atoms with Crippen molar-refractivity contribution in [2.75, 3.05) is 5.52 Å². The monoisotopic (exact) mass is 298 g/mol. The summed E-state index contributed by atoms with van der Waals surface area (Å²) in [6, 6.07) is 11.1. The van der Waals surface area contributed by atoms with Crippen LogP contribution in [0.4, 0.5) is 0 Å². The van der Waals surface area contributed by atoms with E-state index in [1.807, 2.05) is 24.3 Å². The molecule has 2 nitrogen and oxygen atoms in total. The largest absolute Gasteiger partial charge is 0.482 e. The summed E-state index contributed by atoms with van der Waals surface area (Å²) >= 11 is 8.66. The average Bonchev–Trinajstić information content (AvgIpc) is 2.29. The molecule has 0 aliphatic heterocycles. The Hall–Kier alpha value is -1.06. The van der Waals surface area contributed by atoms with Gasteiger partial charge in [0.05, 0.1) is 0 Å². The van der Waals surface area contributed by atoms with Gasteiger partial charge in [0.2, 0.25) is 0 Å². The third kappa shape index (κ3) is 2.20. The Balaban J connectivity index is 2.68. The third-order valence-electron chi connectivity index (χ3n) is 2.26. The summed E-state index contributed by atoms with van der Waals surface area (Å²) in [5, 5.41) is 1.42. The zero-order valence-electron chi connectivity index (χ0n) is 8.24. The van der Waals surface area contributed by atoms with Crippen molar-refractivity contribution in [2.45, 2.75) is 0 Å². The van der Waals surface area contributed by atoms with Gasteiger partial charge in [-0.25, -0.2) is 0 Å². The highest BCUT2D eigenvalue weighted by Gasteiger charge is 2.08. The Labute approximate surface area is 106 Å². The van der Waals surface area contributed by atoms with E-state index in [4.69, 9.17) is 16.3 Å². The van der Waals surface area contributed by atoms with Crippen molar-refractivity contribution in [3.63, 3.8) is 0 Å². The number of fused-ring (bicyclic) bond motifs is 1. The smallest absolute Gasteiger partial charge is 0.252 e. The number of hydrogen-bond acceptors (Lipinski definition) is 2. The molecular weight excluding hydrogens is 291 g/mol. The van der Waals surface area contributed by atoms with Crippen LogP contribution in [0, 0.1) is 0 Å². The zero-order valence-corrected chi connectivity index (χ0v) is 10.6. The third-order valence-corrected chi connectivity index (χ3v) is 2.71. The number of rotatable bonds is 3. The van der Waals surface area contributed by atoms with Gasteiger partial charge < -0.3 is 4.74 Å². The maximum Gasteiger partial charge on any atom is 0.252 e. The molecule has 16 heavy (non-hydrogen) atoms. The molecule has 2 aromatic rings. The van der Waals surface area contributed by atoms with E-state index in [2.05, 4.69) is 15.9 Å². The normalized spacial score (nSPS) is 10.4. The molecule has 0 amide bonds. The molecule has 0 radical (unpaired) electrons. The van der Waals surface area contributed by atoms with Crippen molar-refractivity contribution < 1.29 is 9.53 Å². The molecule has 0 aliphatic carbocycles. The number of alkyl halides is 1. The van der Waals surface area contributed by atoms with Crippen LogP contribution in [0.1, 0.15) is 10.4 Å². The van der Waals surface area contributed by atoms with Crippen LogP contribution < -0.4 is 4.74 Å². The Morgan fingerprint density at radius 3 is 2.75 bits per heavy atom. The van der Waals surface area contributed by atoms with Gasteiger partial charge in [-0.05, 0) is 45.0 Å². The molecule has 0 aliphatic rings. The molecule has 0 spiro atoms. The zero-order chi connectivity index (χ0) is 11.5. The summed E-state index contributed by atoms with van der Waals surface area (Å²) in [6.45, 7) is 0. The second kappa shape index (κ2) is 4.85. The fraction of sp³-hybridized carbons (Fsp3) is 0.0833. The fourth-order valence-electron chi connectivity index (χ4n) is 1.57. The highest BCUT2D eigenvalue weighted by atomic mass is 79.9. The second-order valence-electron chi connectivity index (χ2n) is 3.22. The molecule has 2 aromatic carbocycles. The fourth-order valence-corrected chi connectivity index (χ4v) is 1.92. The van der Waals surface area contributed by atoms with Crippen LogP contribution in [-0.2, 0) is 0 Å². The number of benzene rings is 2. The summed E-state index contributed by atoms with van der Waals surface area (Å²) in [7, 11) is 0. The number of halogens is 2. The molecule has 0 aromatic heterocycles. The van der Waals surface area contributed by atoms with E-state index in [0.29, 0.717) is 16.8 Å². The lowest BCUT2D eigenvalue weighted by atomic mass is 10.1. The maximum atomic E-state index is 11.1. The minimum absolute atomic E-state index is 0.372. The van der Waals surface area contributed by atoms with Gasteiger partial charge in [0.1, 0.15) is 11.3 Å². The van der Waals surface area contributed by atoms with Gasteiger partial charge >= 0.3 is 0 Å². The van der Waals surface area contributed by atoms with Gasteiger partial charge in [-0.15, -0.1) is 0 Å². The van der Waals surface area contributed by atoms with Crippen LogP contribution in [0.5, 0.6) is 5.75 Å². The van der Waals surface area contributed by atoms with E-state index in [0.717, 1.165) is 10.8 Å². The van der Waals surface area contributed by atoms with Gasteiger partial charge in [-0.3, -0.25) is 4.79 Å². The van der Waals surface area contributed by atoms with E-state index >= 15 is 0 Å². The van der Waals surface area contributed by atoms with E-state index in [-0.39, 0.29) is 0 Å². The minimum atomic E-state index is -0.481. The number of carbonyl (C=O) groups is 1. The number of carbonyl (C=O) groups excluding carboxylic acids is 1. The summed E-state index contributed by atoms with van der Waals surface area (Å²) in [4.78, 5) is 11.1. The summed E-state index contributed by atoms with van der Waals surface area (Å²) in [5.41, 5.74) is 0.813. The highest BCUT2D eigenvalue weighted by Crippen LogP contribution is 2.28. The second-order valence-corrected chi connectivity index (χ2v) is 4.02. The Kier molecular flexibility index (Phi) is 3.46. The molecular formula is C12H8BrClO2. The molecule has 82 valence electrons. The van der Waals surface area contributed by atoms with Crippen LogP contribution in [0.2, 0.25) is 0 Å². The predicted molar refractivity (Wildman–Crippen MR) is 68.6 cm³/mol. The van der Waals surface area contributed by atoms with Crippen molar-refractivity contribution in [3.05, 3.63) is 42.0 Å². The van der Waals surface area contributed by atoms with Gasteiger partial charge in [-0.2, -0.15) is 0 Å². The molecule has 0 fully saturated rings. The molecule has 4 heteroatoms. The number of ether oxygens (including phenoxy) is 1. The highest BCUT2D eigenvalue weighted by molar-refractivity contribution is 9.09. The first-order valence-electron chi connectivity index (χ1n) is 4.64. The van der Waals surface area contributed by atoms with Crippen molar-refractivity contribution in [1.82, 2.24) is 0 Å². The Bertz CT molecular complexity index is 540. The van der Waals surface area contributed by atoms with Crippen molar-refractivity contribution >= 4 is 43.5 Å². The predicted octanol–water partition coefficient (Wildman–Crippen LogP) is 3.95.